The van der Waals surface area contributed by atoms with Gasteiger partial charge >= 0.3 is 0 Å². The van der Waals surface area contributed by atoms with E-state index in [1.165, 1.54) is 0 Å². The molecule has 4 N–H and O–H groups in total. The van der Waals surface area contributed by atoms with Gasteiger partial charge < -0.3 is 39.8 Å². The van der Waals surface area contributed by atoms with Crippen molar-refractivity contribution in [1.82, 2.24) is 5.32 Å². The number of nitrogens with one attached hydrogen (secondary N) is 2. The number of methoxy groups -OCH3 is 1. The summed E-state index contributed by atoms with van der Waals surface area (Å²) in [5, 5.41) is 25.9. The molecule has 0 saturated carbocycles. The van der Waals surface area contributed by atoms with Crippen molar-refractivity contribution in [3.8, 4) is 5.75 Å². The molecule has 144 valence electrons. The molecule has 2 fully saturated rings. The Hall–Kier alpha value is -1.49. The van der Waals surface area contributed by atoms with Gasteiger partial charge in [0.2, 0.25) is 0 Å². The monoisotopic (exact) mass is 384 g/mol. The van der Waals surface area contributed by atoms with Crippen LogP contribution < -0.4 is 15.4 Å². The molecule has 0 aromatic heterocycles. The van der Waals surface area contributed by atoms with Crippen LogP contribution >= 0.6 is 12.2 Å². The quantitative estimate of drug-likeness (QED) is 0.543. The Kier molecular flexibility index (Phi) is 5.66. The van der Waals surface area contributed by atoms with Crippen LogP contribution in [0.25, 0.3) is 0 Å². The number of hydrogen-bond donors (Lipinski definition) is 4. The minimum Gasteiger partial charge on any atom is -0.497 e. The van der Waals surface area contributed by atoms with Crippen LogP contribution in [0, 0.1) is 0 Å². The van der Waals surface area contributed by atoms with Crippen LogP contribution in [0.1, 0.15) is 13.8 Å². The highest BCUT2D eigenvalue weighted by Gasteiger charge is 2.56. The Balaban J connectivity index is 1.70. The molecule has 2 aliphatic heterocycles. The lowest BCUT2D eigenvalue weighted by Gasteiger charge is -2.29. The average molecular weight is 384 g/mol. The minimum absolute atomic E-state index is 0.330. The zero-order valence-corrected chi connectivity index (χ0v) is 15.7. The summed E-state index contributed by atoms with van der Waals surface area (Å²) in [5.74, 6) is -0.100. The first kappa shape index (κ1) is 19.3. The van der Waals surface area contributed by atoms with E-state index >= 15 is 0 Å². The van der Waals surface area contributed by atoms with Crippen LogP contribution in [0.4, 0.5) is 5.69 Å². The summed E-state index contributed by atoms with van der Waals surface area (Å²) in [6.07, 6.45) is -2.93. The standard InChI is InChI=1S/C17H24N2O6S/c1-17(2)24-14-12(13(11(21)8-20)23-15(14)25-17)19-16(26)18-9-5-4-6-10(7-9)22-3/h4-7,11-15,20-21H,8H2,1-3H3,(H2,18,19,26)/t11-,12+,13-,14-,15-/m1/s1. The highest BCUT2D eigenvalue weighted by Crippen LogP contribution is 2.38. The summed E-state index contributed by atoms with van der Waals surface area (Å²) in [4.78, 5) is 0. The summed E-state index contributed by atoms with van der Waals surface area (Å²) in [7, 11) is 1.59. The van der Waals surface area contributed by atoms with Crippen molar-refractivity contribution >= 4 is 23.0 Å². The first-order valence-electron chi connectivity index (χ1n) is 8.34. The Labute approximate surface area is 157 Å². The lowest BCUT2D eigenvalue weighted by molar-refractivity contribution is -0.218. The van der Waals surface area contributed by atoms with Gasteiger partial charge in [-0.05, 0) is 38.2 Å². The molecule has 2 aliphatic rings. The van der Waals surface area contributed by atoms with Gasteiger partial charge in [0.1, 0.15) is 24.1 Å². The molecule has 0 aliphatic carbocycles. The molecule has 0 radical (unpaired) electrons. The zero-order valence-electron chi connectivity index (χ0n) is 14.8. The molecule has 0 unspecified atom stereocenters. The largest absolute Gasteiger partial charge is 0.497 e. The highest BCUT2D eigenvalue weighted by molar-refractivity contribution is 7.80. The molecule has 2 saturated heterocycles. The summed E-state index contributed by atoms with van der Waals surface area (Å²) in [5.41, 5.74) is 0.750. The van der Waals surface area contributed by atoms with E-state index in [0.29, 0.717) is 10.9 Å². The molecular formula is C17H24N2O6S. The maximum atomic E-state index is 10.1. The fourth-order valence-electron chi connectivity index (χ4n) is 3.15. The number of rotatable bonds is 5. The Morgan fingerprint density at radius 3 is 2.85 bits per heavy atom. The van der Waals surface area contributed by atoms with Crippen LogP contribution in [0.15, 0.2) is 24.3 Å². The van der Waals surface area contributed by atoms with Gasteiger partial charge in [0.15, 0.2) is 17.2 Å². The molecular weight excluding hydrogens is 360 g/mol. The van der Waals surface area contributed by atoms with Crippen molar-refractivity contribution in [2.75, 3.05) is 19.0 Å². The molecule has 0 bridgehead atoms. The zero-order chi connectivity index (χ0) is 18.9. The number of thiocarbonyl (C=S) groups is 1. The summed E-state index contributed by atoms with van der Waals surface area (Å²) >= 11 is 5.39. The van der Waals surface area contributed by atoms with Gasteiger partial charge in [0.25, 0.3) is 0 Å². The molecule has 9 heteroatoms. The van der Waals surface area contributed by atoms with E-state index in [1.54, 1.807) is 27.0 Å². The van der Waals surface area contributed by atoms with Crippen LogP contribution in [0.2, 0.25) is 0 Å². The van der Waals surface area contributed by atoms with E-state index in [1.807, 2.05) is 18.2 Å². The summed E-state index contributed by atoms with van der Waals surface area (Å²) in [6, 6.07) is 6.84. The number of fused-ring (bicyclic) bond motifs is 1. The third-order valence-corrected chi connectivity index (χ3v) is 4.50. The van der Waals surface area contributed by atoms with Crippen molar-refractivity contribution < 1.29 is 29.2 Å². The van der Waals surface area contributed by atoms with E-state index in [-0.39, 0.29) is 0 Å². The van der Waals surface area contributed by atoms with Crippen LogP contribution in [-0.2, 0) is 14.2 Å². The van der Waals surface area contributed by atoms with E-state index < -0.39 is 43.0 Å². The van der Waals surface area contributed by atoms with Crippen molar-refractivity contribution in [2.45, 2.75) is 50.3 Å². The second kappa shape index (κ2) is 7.63. The van der Waals surface area contributed by atoms with Crippen molar-refractivity contribution in [1.29, 1.82) is 0 Å². The second-order valence-corrected chi connectivity index (χ2v) is 7.08. The average Bonchev–Trinajstić information content (AvgIpc) is 3.07. The SMILES string of the molecule is COc1cccc(NC(=S)N[C@@H]2[C@H]3OC(C)(C)O[C@H]3O[C@@H]2[C@H](O)CO)c1. The predicted molar refractivity (Wildman–Crippen MR) is 97.9 cm³/mol. The Morgan fingerprint density at radius 2 is 2.15 bits per heavy atom. The molecule has 8 nitrogen and oxygen atoms in total. The number of aliphatic hydroxyl groups is 2. The number of ether oxygens (including phenoxy) is 4. The first-order chi connectivity index (χ1) is 12.3. The predicted octanol–water partition coefficient (Wildman–Crippen LogP) is 0.580. The number of hydrogen-bond acceptors (Lipinski definition) is 7. The molecule has 5 atom stereocenters. The lowest BCUT2D eigenvalue weighted by Crippen LogP contribution is -2.53. The van der Waals surface area contributed by atoms with E-state index in [9.17, 15) is 10.2 Å². The van der Waals surface area contributed by atoms with Gasteiger partial charge in [0, 0.05) is 11.8 Å². The van der Waals surface area contributed by atoms with Crippen molar-refractivity contribution in [3.05, 3.63) is 24.3 Å². The van der Waals surface area contributed by atoms with Gasteiger partial charge in [-0.15, -0.1) is 0 Å². The third kappa shape index (κ3) is 4.08. The Morgan fingerprint density at radius 1 is 1.38 bits per heavy atom. The van der Waals surface area contributed by atoms with Gasteiger partial charge in [-0.3, -0.25) is 0 Å². The van der Waals surface area contributed by atoms with E-state index in [0.717, 1.165) is 5.69 Å². The third-order valence-electron chi connectivity index (χ3n) is 4.28. The maximum absolute atomic E-state index is 10.1. The molecule has 2 heterocycles. The second-order valence-electron chi connectivity index (χ2n) is 6.68. The summed E-state index contributed by atoms with van der Waals surface area (Å²) < 4.78 is 22.5. The lowest BCUT2D eigenvalue weighted by atomic mass is 10.0. The Bertz CT molecular complexity index is 658. The minimum atomic E-state index is -1.09. The van der Waals surface area contributed by atoms with Crippen molar-refractivity contribution in [2.24, 2.45) is 0 Å². The van der Waals surface area contributed by atoms with Crippen LogP contribution in [-0.4, -0.2) is 65.5 Å². The maximum Gasteiger partial charge on any atom is 0.189 e. The smallest absolute Gasteiger partial charge is 0.189 e. The van der Waals surface area contributed by atoms with Gasteiger partial charge in [0.05, 0.1) is 19.8 Å². The number of anilines is 1. The van der Waals surface area contributed by atoms with Gasteiger partial charge in [-0.25, -0.2) is 0 Å². The highest BCUT2D eigenvalue weighted by atomic mass is 32.1. The topological polar surface area (TPSA) is 101 Å². The molecule has 0 spiro atoms. The van der Waals surface area contributed by atoms with Crippen LogP contribution in [0.5, 0.6) is 5.75 Å². The first-order valence-corrected chi connectivity index (χ1v) is 8.75. The molecule has 0 amide bonds. The number of aliphatic hydroxyl groups excluding tert-OH is 2. The number of benzene rings is 1. The molecule has 1 aromatic rings. The summed E-state index contributed by atoms with van der Waals surface area (Å²) in [6.45, 7) is 3.13. The van der Waals surface area contributed by atoms with Crippen molar-refractivity contribution in [3.63, 3.8) is 0 Å². The fourth-order valence-corrected chi connectivity index (χ4v) is 3.40. The molecule has 26 heavy (non-hydrogen) atoms. The molecule has 1 aromatic carbocycles. The van der Waals surface area contributed by atoms with E-state index in [2.05, 4.69) is 10.6 Å². The van der Waals surface area contributed by atoms with Gasteiger partial charge in [-0.1, -0.05) is 6.07 Å². The normalized spacial score (nSPS) is 30.5. The molecule has 3 rings (SSSR count). The van der Waals surface area contributed by atoms with E-state index in [4.69, 9.17) is 31.2 Å². The van der Waals surface area contributed by atoms with Crippen LogP contribution in [0.3, 0.4) is 0 Å². The fraction of sp³-hybridized carbons (Fsp3) is 0.588. The van der Waals surface area contributed by atoms with Gasteiger partial charge in [-0.2, -0.15) is 0 Å².